The normalized spacial score (nSPS) is 26.0. The van der Waals surface area contributed by atoms with E-state index in [1.165, 1.54) is 0 Å². The Morgan fingerprint density at radius 3 is 2.71 bits per heavy atom. The van der Waals surface area contributed by atoms with E-state index in [1.807, 2.05) is 4.90 Å². The van der Waals surface area contributed by atoms with Crippen molar-refractivity contribution in [3.8, 4) is 0 Å². The van der Waals surface area contributed by atoms with Gasteiger partial charge >= 0.3 is 0 Å². The largest absolute Gasteiger partial charge is 0.333 e. The molecule has 116 valence electrons. The molecule has 3 saturated heterocycles. The molecular weight excluding hydrogens is 310 g/mol. The summed E-state index contributed by atoms with van der Waals surface area (Å²) in [5, 5.41) is 0. The molecule has 0 aromatic heterocycles. The molecular formula is C13H19N3O3S2. The maximum atomic E-state index is 12.5. The SMILES string of the molecule is O=C1CCCN1CC(=O)N1CSC[C@H]1C(=O)N1CCSC1. The van der Waals surface area contributed by atoms with E-state index in [4.69, 9.17) is 0 Å². The highest BCUT2D eigenvalue weighted by Gasteiger charge is 2.38. The van der Waals surface area contributed by atoms with E-state index in [0.717, 1.165) is 24.6 Å². The number of carbonyl (C=O) groups is 3. The first-order chi connectivity index (χ1) is 10.2. The van der Waals surface area contributed by atoms with Gasteiger partial charge in [-0.25, -0.2) is 0 Å². The average Bonchev–Trinajstić information content (AvgIpc) is 3.19. The molecule has 0 aromatic rings. The van der Waals surface area contributed by atoms with E-state index < -0.39 is 0 Å². The molecule has 21 heavy (non-hydrogen) atoms. The Morgan fingerprint density at radius 1 is 1.19 bits per heavy atom. The third kappa shape index (κ3) is 3.15. The molecule has 0 N–H and O–H groups in total. The van der Waals surface area contributed by atoms with Gasteiger partial charge in [-0.15, -0.1) is 23.5 Å². The maximum Gasteiger partial charge on any atom is 0.246 e. The first kappa shape index (κ1) is 15.0. The first-order valence-corrected chi connectivity index (χ1v) is 9.49. The molecule has 3 aliphatic rings. The Bertz CT molecular complexity index is 454. The lowest BCUT2D eigenvalue weighted by Gasteiger charge is -2.28. The van der Waals surface area contributed by atoms with Gasteiger partial charge < -0.3 is 14.7 Å². The lowest BCUT2D eigenvalue weighted by Crippen LogP contribution is -2.50. The monoisotopic (exact) mass is 329 g/mol. The Kier molecular flexibility index (Phi) is 4.63. The fourth-order valence-electron chi connectivity index (χ4n) is 2.82. The van der Waals surface area contributed by atoms with Gasteiger partial charge in [-0.1, -0.05) is 0 Å². The zero-order valence-corrected chi connectivity index (χ0v) is 13.5. The van der Waals surface area contributed by atoms with Crippen LogP contribution in [0.15, 0.2) is 0 Å². The van der Waals surface area contributed by atoms with Gasteiger partial charge in [0.2, 0.25) is 17.7 Å². The van der Waals surface area contributed by atoms with Gasteiger partial charge in [-0.05, 0) is 6.42 Å². The number of rotatable bonds is 3. The van der Waals surface area contributed by atoms with E-state index in [2.05, 4.69) is 0 Å². The van der Waals surface area contributed by atoms with E-state index in [1.54, 1.807) is 33.3 Å². The summed E-state index contributed by atoms with van der Waals surface area (Å²) in [6.07, 6.45) is 1.36. The van der Waals surface area contributed by atoms with Crippen LogP contribution in [-0.2, 0) is 14.4 Å². The van der Waals surface area contributed by atoms with Crippen molar-refractivity contribution in [1.82, 2.24) is 14.7 Å². The third-order valence-corrected chi connectivity index (χ3v) is 6.03. The standard InChI is InChI=1S/C13H19N3O3S2/c17-11-2-1-3-14(11)6-12(18)16-9-21-7-10(16)13(19)15-4-5-20-8-15/h10H,1-9H2/t10-/m0/s1. The van der Waals surface area contributed by atoms with Crippen molar-refractivity contribution in [2.45, 2.75) is 18.9 Å². The number of hydrogen-bond donors (Lipinski definition) is 0. The van der Waals surface area contributed by atoms with Crippen molar-refractivity contribution >= 4 is 41.2 Å². The molecule has 8 heteroatoms. The predicted octanol–water partition coefficient (Wildman–Crippen LogP) is 0.0432. The van der Waals surface area contributed by atoms with Gasteiger partial charge in [0.1, 0.15) is 6.04 Å². The molecule has 0 spiro atoms. The molecule has 3 rings (SSSR count). The predicted molar refractivity (Wildman–Crippen MR) is 82.8 cm³/mol. The molecule has 6 nitrogen and oxygen atoms in total. The van der Waals surface area contributed by atoms with Crippen LogP contribution < -0.4 is 0 Å². The van der Waals surface area contributed by atoms with Crippen LogP contribution in [0.25, 0.3) is 0 Å². The highest BCUT2D eigenvalue weighted by molar-refractivity contribution is 7.99. The second kappa shape index (κ2) is 6.48. The smallest absolute Gasteiger partial charge is 0.246 e. The molecule has 0 bridgehead atoms. The van der Waals surface area contributed by atoms with Crippen LogP contribution in [0.1, 0.15) is 12.8 Å². The zero-order valence-electron chi connectivity index (χ0n) is 11.8. The molecule has 0 radical (unpaired) electrons. The van der Waals surface area contributed by atoms with Crippen LogP contribution >= 0.6 is 23.5 Å². The molecule has 0 aliphatic carbocycles. The second-order valence-electron chi connectivity index (χ2n) is 5.44. The van der Waals surface area contributed by atoms with Crippen LogP contribution in [0.2, 0.25) is 0 Å². The van der Waals surface area contributed by atoms with Gasteiger partial charge in [-0.2, -0.15) is 0 Å². The Balaban J connectivity index is 1.61. The molecule has 0 saturated carbocycles. The van der Waals surface area contributed by atoms with E-state index in [0.29, 0.717) is 24.6 Å². The van der Waals surface area contributed by atoms with Gasteiger partial charge in [0.05, 0.1) is 18.3 Å². The van der Waals surface area contributed by atoms with Crippen LogP contribution in [-0.4, -0.2) is 81.4 Å². The third-order valence-electron chi connectivity index (χ3n) is 4.05. The number of likely N-dealkylation sites (tertiary alicyclic amines) is 1. The van der Waals surface area contributed by atoms with Crippen molar-refractivity contribution in [2.24, 2.45) is 0 Å². The first-order valence-electron chi connectivity index (χ1n) is 7.18. The van der Waals surface area contributed by atoms with Crippen molar-refractivity contribution < 1.29 is 14.4 Å². The van der Waals surface area contributed by atoms with Crippen LogP contribution in [0.3, 0.4) is 0 Å². The topological polar surface area (TPSA) is 60.9 Å². The van der Waals surface area contributed by atoms with E-state index in [9.17, 15) is 14.4 Å². The molecule has 3 heterocycles. The number of thioether (sulfide) groups is 2. The van der Waals surface area contributed by atoms with Crippen LogP contribution in [0, 0.1) is 0 Å². The molecule has 0 unspecified atom stereocenters. The maximum absolute atomic E-state index is 12.5. The highest BCUT2D eigenvalue weighted by atomic mass is 32.2. The second-order valence-corrected chi connectivity index (χ2v) is 7.51. The lowest BCUT2D eigenvalue weighted by molar-refractivity contribution is -0.144. The summed E-state index contributed by atoms with van der Waals surface area (Å²) in [5.74, 6) is 2.94. The van der Waals surface area contributed by atoms with E-state index in [-0.39, 0.29) is 30.3 Å². The summed E-state index contributed by atoms with van der Waals surface area (Å²) < 4.78 is 0. The fourth-order valence-corrected chi connectivity index (χ4v) is 4.94. The minimum atomic E-state index is -0.348. The van der Waals surface area contributed by atoms with Crippen molar-refractivity contribution in [1.29, 1.82) is 0 Å². The highest BCUT2D eigenvalue weighted by Crippen LogP contribution is 2.25. The Labute approximate surface area is 132 Å². The quantitative estimate of drug-likeness (QED) is 0.732. The molecule has 3 amide bonds. The van der Waals surface area contributed by atoms with Gasteiger partial charge in [0.15, 0.2) is 0 Å². The molecule has 0 aromatic carbocycles. The van der Waals surface area contributed by atoms with Crippen molar-refractivity contribution in [3.05, 3.63) is 0 Å². The lowest BCUT2D eigenvalue weighted by atomic mass is 10.2. The van der Waals surface area contributed by atoms with Crippen molar-refractivity contribution in [3.63, 3.8) is 0 Å². The number of nitrogens with zero attached hydrogens (tertiary/aromatic N) is 3. The average molecular weight is 329 g/mol. The van der Waals surface area contributed by atoms with Gasteiger partial charge in [0, 0.05) is 31.0 Å². The van der Waals surface area contributed by atoms with Crippen LogP contribution in [0.5, 0.6) is 0 Å². The summed E-state index contributed by atoms with van der Waals surface area (Å²) in [7, 11) is 0. The summed E-state index contributed by atoms with van der Waals surface area (Å²) in [6.45, 7) is 1.56. The van der Waals surface area contributed by atoms with Gasteiger partial charge in [-0.3, -0.25) is 14.4 Å². The minimum Gasteiger partial charge on any atom is -0.333 e. The minimum absolute atomic E-state index is 0.0500. The Hall–Kier alpha value is -0.890. The molecule has 1 atom stereocenters. The number of carbonyl (C=O) groups excluding carboxylic acids is 3. The van der Waals surface area contributed by atoms with E-state index >= 15 is 0 Å². The van der Waals surface area contributed by atoms with Crippen LogP contribution in [0.4, 0.5) is 0 Å². The van der Waals surface area contributed by atoms with Gasteiger partial charge in [0.25, 0.3) is 0 Å². The molecule has 3 fully saturated rings. The Morgan fingerprint density at radius 2 is 2.05 bits per heavy atom. The summed E-state index contributed by atoms with van der Waals surface area (Å²) in [6, 6.07) is -0.348. The van der Waals surface area contributed by atoms with Crippen molar-refractivity contribution in [2.75, 3.05) is 42.9 Å². The summed E-state index contributed by atoms with van der Waals surface area (Å²) >= 11 is 3.36. The number of amides is 3. The fraction of sp³-hybridized carbons (Fsp3) is 0.769. The zero-order chi connectivity index (χ0) is 14.8. The molecule has 3 aliphatic heterocycles. The summed E-state index contributed by atoms with van der Waals surface area (Å²) in [5.41, 5.74) is 0. The number of hydrogen-bond acceptors (Lipinski definition) is 5. The summed E-state index contributed by atoms with van der Waals surface area (Å²) in [4.78, 5) is 41.6.